The predicted octanol–water partition coefficient (Wildman–Crippen LogP) is 1.81. The minimum atomic E-state index is -0.582. The number of carbonyl (C=O) groups excluding carboxylic acids is 1. The van der Waals surface area contributed by atoms with Crippen molar-refractivity contribution in [2.45, 2.75) is 58.6 Å². The van der Waals surface area contributed by atoms with Crippen LogP contribution in [0.5, 0.6) is 0 Å². The van der Waals surface area contributed by atoms with Crippen molar-refractivity contribution in [1.29, 1.82) is 0 Å². The van der Waals surface area contributed by atoms with E-state index in [1.54, 1.807) is 0 Å². The fourth-order valence-corrected chi connectivity index (χ4v) is 2.86. The van der Waals surface area contributed by atoms with Crippen LogP contribution >= 0.6 is 0 Å². The summed E-state index contributed by atoms with van der Waals surface area (Å²) in [6.07, 6.45) is 3.37. The molecular weight excluding hydrogens is 268 g/mol. The second kappa shape index (κ2) is 9.38. The molecule has 0 amide bonds. The SMILES string of the molecule is CCNC(C)(CCN1CCC(OCC)CC1)C(=O)OCC. The van der Waals surface area contributed by atoms with Crippen LogP contribution in [-0.4, -0.2) is 61.9 Å². The summed E-state index contributed by atoms with van der Waals surface area (Å²) in [7, 11) is 0. The van der Waals surface area contributed by atoms with Crippen LogP contribution in [0.4, 0.5) is 0 Å². The van der Waals surface area contributed by atoms with Crippen LogP contribution in [0.25, 0.3) is 0 Å². The normalized spacial score (nSPS) is 20.2. The number of hydrogen-bond donors (Lipinski definition) is 1. The number of likely N-dealkylation sites (tertiary alicyclic amines) is 1. The number of rotatable bonds is 9. The molecule has 1 N–H and O–H groups in total. The lowest BCUT2D eigenvalue weighted by Gasteiger charge is -2.35. The topological polar surface area (TPSA) is 50.8 Å². The summed E-state index contributed by atoms with van der Waals surface area (Å²) in [4.78, 5) is 14.6. The number of carbonyl (C=O) groups is 1. The number of hydrogen-bond acceptors (Lipinski definition) is 5. The Bertz CT molecular complexity index is 304. The van der Waals surface area contributed by atoms with Gasteiger partial charge in [0.15, 0.2) is 0 Å². The molecule has 1 unspecified atom stereocenters. The lowest BCUT2D eigenvalue weighted by molar-refractivity contribution is -0.151. The standard InChI is InChI=1S/C16H32N2O3/c1-5-17-16(4,15(19)21-7-3)10-13-18-11-8-14(9-12-18)20-6-2/h14,17H,5-13H2,1-4H3. The summed E-state index contributed by atoms with van der Waals surface area (Å²) >= 11 is 0. The highest BCUT2D eigenvalue weighted by atomic mass is 16.5. The largest absolute Gasteiger partial charge is 0.465 e. The molecule has 1 atom stereocenters. The Morgan fingerprint density at radius 1 is 1.24 bits per heavy atom. The van der Waals surface area contributed by atoms with E-state index in [1.165, 1.54) is 0 Å². The number of esters is 1. The molecule has 5 nitrogen and oxygen atoms in total. The van der Waals surface area contributed by atoms with Gasteiger partial charge in [0, 0.05) is 26.2 Å². The molecule has 0 aliphatic carbocycles. The van der Waals surface area contributed by atoms with E-state index < -0.39 is 5.54 Å². The molecule has 1 fully saturated rings. The quantitative estimate of drug-likeness (QED) is 0.658. The summed E-state index contributed by atoms with van der Waals surface area (Å²) in [5.74, 6) is -0.143. The maximum Gasteiger partial charge on any atom is 0.326 e. The van der Waals surface area contributed by atoms with E-state index in [-0.39, 0.29) is 5.97 Å². The lowest BCUT2D eigenvalue weighted by atomic mass is 9.96. The van der Waals surface area contributed by atoms with Crippen molar-refractivity contribution in [1.82, 2.24) is 10.2 Å². The van der Waals surface area contributed by atoms with Crippen molar-refractivity contribution in [3.05, 3.63) is 0 Å². The van der Waals surface area contributed by atoms with Crippen LogP contribution in [0.3, 0.4) is 0 Å². The van der Waals surface area contributed by atoms with Gasteiger partial charge in [-0.3, -0.25) is 4.79 Å². The maximum absolute atomic E-state index is 12.1. The first-order chi connectivity index (χ1) is 10.1. The second-order valence-corrected chi connectivity index (χ2v) is 5.83. The van der Waals surface area contributed by atoms with E-state index in [1.807, 2.05) is 27.7 Å². The summed E-state index contributed by atoms with van der Waals surface area (Å²) in [6.45, 7) is 12.9. The highest BCUT2D eigenvalue weighted by Crippen LogP contribution is 2.18. The van der Waals surface area contributed by atoms with Crippen molar-refractivity contribution < 1.29 is 14.3 Å². The molecule has 21 heavy (non-hydrogen) atoms. The number of nitrogens with one attached hydrogen (secondary N) is 1. The van der Waals surface area contributed by atoms with E-state index >= 15 is 0 Å². The van der Waals surface area contributed by atoms with Crippen molar-refractivity contribution in [3.8, 4) is 0 Å². The lowest BCUT2D eigenvalue weighted by Crippen LogP contribution is -2.52. The monoisotopic (exact) mass is 300 g/mol. The molecule has 0 aromatic carbocycles. The Labute approximate surface area is 129 Å². The van der Waals surface area contributed by atoms with Crippen LogP contribution in [-0.2, 0) is 14.3 Å². The first-order valence-electron chi connectivity index (χ1n) is 8.31. The molecule has 0 bridgehead atoms. The van der Waals surface area contributed by atoms with E-state index in [2.05, 4.69) is 10.2 Å². The Kier molecular flexibility index (Phi) is 8.22. The van der Waals surface area contributed by atoms with Gasteiger partial charge < -0.3 is 19.7 Å². The molecule has 0 spiro atoms. The minimum absolute atomic E-state index is 0.143. The van der Waals surface area contributed by atoms with E-state index in [0.717, 1.165) is 52.0 Å². The van der Waals surface area contributed by atoms with Crippen LogP contribution in [0.15, 0.2) is 0 Å². The summed E-state index contributed by atoms with van der Waals surface area (Å²) in [6, 6.07) is 0. The van der Waals surface area contributed by atoms with Crippen molar-refractivity contribution in [2.24, 2.45) is 0 Å². The molecule has 0 aromatic rings. The van der Waals surface area contributed by atoms with Gasteiger partial charge in [0.05, 0.1) is 12.7 Å². The summed E-state index contributed by atoms with van der Waals surface area (Å²) in [5.41, 5.74) is -0.582. The van der Waals surface area contributed by atoms with E-state index in [9.17, 15) is 4.79 Å². The van der Waals surface area contributed by atoms with Crippen molar-refractivity contribution >= 4 is 5.97 Å². The van der Waals surface area contributed by atoms with Gasteiger partial charge in [-0.15, -0.1) is 0 Å². The Hall–Kier alpha value is -0.650. The summed E-state index contributed by atoms with van der Waals surface area (Å²) < 4.78 is 10.9. The average Bonchev–Trinajstić information content (AvgIpc) is 2.47. The highest BCUT2D eigenvalue weighted by Gasteiger charge is 2.34. The molecule has 0 radical (unpaired) electrons. The van der Waals surface area contributed by atoms with Gasteiger partial charge >= 0.3 is 5.97 Å². The number of ether oxygens (including phenoxy) is 2. The van der Waals surface area contributed by atoms with Crippen LogP contribution in [0.2, 0.25) is 0 Å². The van der Waals surface area contributed by atoms with E-state index in [4.69, 9.17) is 9.47 Å². The molecule has 1 rings (SSSR count). The third kappa shape index (κ3) is 5.93. The first kappa shape index (κ1) is 18.4. The van der Waals surface area contributed by atoms with Crippen LogP contribution in [0, 0.1) is 0 Å². The van der Waals surface area contributed by atoms with Crippen LogP contribution in [0.1, 0.15) is 47.0 Å². The molecule has 1 aliphatic heterocycles. The Morgan fingerprint density at radius 2 is 1.90 bits per heavy atom. The Balaban J connectivity index is 2.42. The molecular formula is C16H32N2O3. The van der Waals surface area contributed by atoms with Gasteiger partial charge in [-0.2, -0.15) is 0 Å². The van der Waals surface area contributed by atoms with Gasteiger partial charge in [0.25, 0.3) is 0 Å². The third-order valence-corrected chi connectivity index (χ3v) is 4.16. The zero-order valence-corrected chi connectivity index (χ0v) is 14.1. The number of likely N-dealkylation sites (N-methyl/N-ethyl adjacent to an activating group) is 1. The fourth-order valence-electron chi connectivity index (χ4n) is 2.86. The molecule has 5 heteroatoms. The van der Waals surface area contributed by atoms with Crippen LogP contribution < -0.4 is 5.32 Å². The highest BCUT2D eigenvalue weighted by molar-refractivity contribution is 5.80. The van der Waals surface area contributed by atoms with Gasteiger partial charge in [-0.25, -0.2) is 0 Å². The number of nitrogens with zero attached hydrogens (tertiary/aromatic N) is 1. The van der Waals surface area contributed by atoms with Crippen molar-refractivity contribution in [2.75, 3.05) is 39.4 Å². The number of piperidine rings is 1. The second-order valence-electron chi connectivity index (χ2n) is 5.83. The van der Waals surface area contributed by atoms with E-state index in [0.29, 0.717) is 12.7 Å². The summed E-state index contributed by atoms with van der Waals surface area (Å²) in [5, 5.41) is 3.29. The Morgan fingerprint density at radius 3 is 2.43 bits per heavy atom. The van der Waals surface area contributed by atoms with Crippen molar-refractivity contribution in [3.63, 3.8) is 0 Å². The first-order valence-corrected chi connectivity index (χ1v) is 8.31. The maximum atomic E-state index is 12.1. The van der Waals surface area contributed by atoms with Gasteiger partial charge in [-0.05, 0) is 46.6 Å². The molecule has 1 saturated heterocycles. The minimum Gasteiger partial charge on any atom is -0.465 e. The zero-order valence-electron chi connectivity index (χ0n) is 14.1. The van der Waals surface area contributed by atoms with Gasteiger partial charge in [0.1, 0.15) is 5.54 Å². The molecule has 0 saturated carbocycles. The van der Waals surface area contributed by atoms with Gasteiger partial charge in [-0.1, -0.05) is 6.92 Å². The molecule has 1 heterocycles. The average molecular weight is 300 g/mol. The molecule has 0 aromatic heterocycles. The zero-order chi connectivity index (χ0) is 15.7. The third-order valence-electron chi connectivity index (χ3n) is 4.16. The predicted molar refractivity (Wildman–Crippen MR) is 84.4 cm³/mol. The van der Waals surface area contributed by atoms with Gasteiger partial charge in [0.2, 0.25) is 0 Å². The molecule has 1 aliphatic rings. The fraction of sp³-hybridized carbons (Fsp3) is 0.938. The molecule has 124 valence electrons. The smallest absolute Gasteiger partial charge is 0.326 e.